The highest BCUT2D eigenvalue weighted by molar-refractivity contribution is 6.32. The lowest BCUT2D eigenvalue weighted by Gasteiger charge is -2.41. The molecule has 1 atom stereocenters. The summed E-state index contributed by atoms with van der Waals surface area (Å²) < 4.78 is 0. The van der Waals surface area contributed by atoms with Gasteiger partial charge in [-0.25, -0.2) is 20.4 Å². The Morgan fingerprint density at radius 2 is 0.593 bits per heavy atom. The minimum Gasteiger partial charge on any atom is -0.481 e. The standard InChI is InChI=1S/2C23H28Cl2N6.C18H25ClN6O2.C18H27ClN6.3CO2/c1-16(18-4-8-20(25)9-5-18)31(15-10-17-2-6-19(24)7-3-17)21-11-13-30(14-12-21)23-27-22(26)28-29-23;24-19-5-1-17(2-6-19)9-13-30(14-10-18-3-7-20(25)8-4-18)21-11-15-31(16-12-21)23-27-22(26)28-29-23;19-14-3-1-13(2-4-14)5-9-24(12-8-16(26)27)15-6-10-25(11-7-15)18-21-17(20)22-23-18;1-2-10-24(11-7-14-3-5-15(19)6-4-14)16-8-12-25(13-9-16)18-21-17(20)22-23-18;3*2-1-3/h2-9,16,21H,10-15H2,1H3,(H3,26,27,28,29);1-8,21H,9-16H2,(H3,26,27,28,29);1-4,15H,5-12H2,(H,26,27)(H3,20,21,22,23);3-6,16H,2,7-13H2,1H3,(H3,20,21,22,23);;;. The number of carboxylic acids is 1. The van der Waals surface area contributed by atoms with Gasteiger partial charge < -0.3 is 47.6 Å². The first-order valence-corrected chi connectivity index (χ1v) is 43.1. The summed E-state index contributed by atoms with van der Waals surface area (Å²) in [6, 6.07) is 51.0. The number of nitrogens with two attached hydrogens (primary N) is 4. The molecule has 4 aromatic heterocycles. The number of piperidine rings is 4. The molecule has 32 nitrogen and oxygen atoms in total. The van der Waals surface area contributed by atoms with Gasteiger partial charge in [-0.3, -0.25) is 24.4 Å². The Hall–Kier alpha value is -10.5. The second kappa shape index (κ2) is 52.8. The molecule has 0 amide bonds. The number of H-pyrrole nitrogens is 4. The van der Waals surface area contributed by atoms with Gasteiger partial charge in [0.05, 0.1) is 6.42 Å². The van der Waals surface area contributed by atoms with Gasteiger partial charge >= 0.3 is 24.4 Å². The molecule has 658 valence electrons. The van der Waals surface area contributed by atoms with Crippen molar-refractivity contribution in [2.45, 2.75) is 140 Å². The minimum absolute atomic E-state index is 0.151. The SMILES string of the molecule is CC(c1ccc(Cl)cc1)N(CCc1ccc(Cl)cc1)C1CCN(c2n[nH]c(N)n2)CC1.CCCN(CCc1ccc(Cl)cc1)C1CCN(c2n[nH]c(N)n2)CC1.Nc1nc(N2CCC(N(CCC(=O)O)CCc3ccc(Cl)cc3)CC2)n[nH]1.Nc1nc(N2CCC(N(CCc3ccc(Cl)cc3)CCc3ccc(Cl)cc3)CC2)n[nH]1.O=C=O.O=C=O.O=C=O. The third-order valence-electron chi connectivity index (χ3n) is 21.9. The topological polar surface area (TPSA) is 436 Å². The van der Waals surface area contributed by atoms with Gasteiger partial charge in [-0.2, -0.15) is 48.7 Å². The van der Waals surface area contributed by atoms with Gasteiger partial charge in [-0.15, -0.1) is 20.4 Å². The maximum atomic E-state index is 11.1. The minimum atomic E-state index is -0.764. The van der Waals surface area contributed by atoms with E-state index >= 15 is 0 Å². The van der Waals surface area contributed by atoms with E-state index in [-0.39, 0.29) is 24.9 Å². The monoisotopic (exact) mass is 1800 g/mol. The number of carbonyl (C=O) groups excluding carboxylic acids is 6. The lowest BCUT2D eigenvalue weighted by Crippen LogP contribution is -2.46. The maximum absolute atomic E-state index is 11.1. The predicted octanol–water partition coefficient (Wildman–Crippen LogP) is 12.7. The number of aromatic amines is 4. The van der Waals surface area contributed by atoms with Gasteiger partial charge in [-0.05, 0) is 210 Å². The van der Waals surface area contributed by atoms with Crippen LogP contribution in [0.5, 0.6) is 0 Å². The summed E-state index contributed by atoms with van der Waals surface area (Å²) in [6.45, 7) is 18.5. The molecule has 38 heteroatoms. The zero-order chi connectivity index (χ0) is 88.4. The van der Waals surface area contributed by atoms with Gasteiger partial charge in [0.2, 0.25) is 47.6 Å². The molecule has 1 unspecified atom stereocenters. The van der Waals surface area contributed by atoms with Crippen molar-refractivity contribution in [3.63, 3.8) is 0 Å². The Balaban J connectivity index is 0.000000197. The number of carboxylic acid groups (broad SMARTS) is 1. The largest absolute Gasteiger partial charge is 0.481 e. The molecule has 0 radical (unpaired) electrons. The summed E-state index contributed by atoms with van der Waals surface area (Å²) in [6.07, 6.45) is 15.4. The summed E-state index contributed by atoms with van der Waals surface area (Å²) >= 11 is 36.2. The van der Waals surface area contributed by atoms with E-state index in [1.165, 1.54) is 39.8 Å². The lowest BCUT2D eigenvalue weighted by atomic mass is 9.97. The average molecular weight is 1810 g/mol. The van der Waals surface area contributed by atoms with E-state index in [4.69, 9.17) is 126 Å². The van der Waals surface area contributed by atoms with Gasteiger partial charge in [0.15, 0.2) is 0 Å². The number of aromatic nitrogens is 12. The predicted molar refractivity (Wildman–Crippen MR) is 479 cm³/mol. The Kier molecular flexibility index (Phi) is 42.1. The number of hydrogen-bond acceptors (Lipinski definition) is 27. The number of anilines is 8. The number of benzene rings is 6. The molecular weight excluding hydrogens is 1700 g/mol. The summed E-state index contributed by atoms with van der Waals surface area (Å²) in [4.78, 5) is 95.7. The second-order valence-corrected chi connectivity index (χ2v) is 32.4. The molecule has 4 fully saturated rings. The van der Waals surface area contributed by atoms with E-state index in [9.17, 15) is 4.79 Å². The van der Waals surface area contributed by atoms with Crippen molar-refractivity contribution in [1.29, 1.82) is 0 Å². The molecule has 8 heterocycles. The Morgan fingerprint density at radius 1 is 0.374 bits per heavy atom. The van der Waals surface area contributed by atoms with Crippen LogP contribution in [0.3, 0.4) is 0 Å². The molecule has 123 heavy (non-hydrogen) atoms. The molecular formula is C85H108Cl6N24O8. The molecule has 0 saturated carbocycles. The molecule has 4 aliphatic rings. The van der Waals surface area contributed by atoms with Crippen LogP contribution in [-0.2, 0) is 65.7 Å². The molecule has 13 N–H and O–H groups in total. The first-order valence-electron chi connectivity index (χ1n) is 40.8. The molecule has 14 rings (SSSR count). The number of nitrogens with one attached hydrogen (secondary N) is 4. The molecule has 10 aromatic rings. The van der Waals surface area contributed by atoms with Crippen molar-refractivity contribution in [3.8, 4) is 0 Å². The molecule has 0 spiro atoms. The van der Waals surface area contributed by atoms with Gasteiger partial charge in [0.1, 0.15) is 0 Å². The van der Waals surface area contributed by atoms with E-state index < -0.39 is 5.97 Å². The van der Waals surface area contributed by atoms with Crippen LogP contribution in [0.4, 0.5) is 47.6 Å². The number of aliphatic carboxylic acids is 1. The number of nitrogens with zero attached hydrogens (tertiary/aromatic N) is 16. The second-order valence-electron chi connectivity index (χ2n) is 29.8. The molecule has 0 aliphatic carbocycles. The van der Waals surface area contributed by atoms with E-state index in [0.717, 1.165) is 211 Å². The highest BCUT2D eigenvalue weighted by atomic mass is 35.5. The molecule has 4 aliphatic heterocycles. The first kappa shape index (κ1) is 97.9. The van der Waals surface area contributed by atoms with Crippen LogP contribution in [0, 0.1) is 0 Å². The smallest absolute Gasteiger partial charge is 0.373 e. The van der Waals surface area contributed by atoms with Gasteiger partial charge in [0.25, 0.3) is 0 Å². The van der Waals surface area contributed by atoms with Crippen molar-refractivity contribution < 1.29 is 38.7 Å². The van der Waals surface area contributed by atoms with Crippen LogP contribution < -0.4 is 42.5 Å². The first-order chi connectivity index (χ1) is 59.5. The molecule has 6 aromatic carbocycles. The van der Waals surface area contributed by atoms with Crippen LogP contribution in [0.2, 0.25) is 30.1 Å². The van der Waals surface area contributed by atoms with Crippen molar-refractivity contribution in [2.24, 2.45) is 0 Å². The fourth-order valence-corrected chi connectivity index (χ4v) is 16.3. The van der Waals surface area contributed by atoms with E-state index in [1.807, 2.05) is 84.9 Å². The van der Waals surface area contributed by atoms with Crippen molar-refractivity contribution in [2.75, 3.05) is 141 Å². The Labute approximate surface area is 746 Å². The highest BCUT2D eigenvalue weighted by Gasteiger charge is 2.32. The van der Waals surface area contributed by atoms with E-state index in [2.05, 4.69) is 174 Å². The number of hydrogen-bond donors (Lipinski definition) is 9. The van der Waals surface area contributed by atoms with Crippen LogP contribution in [0.25, 0.3) is 0 Å². The van der Waals surface area contributed by atoms with E-state index in [0.29, 0.717) is 78.4 Å². The maximum Gasteiger partial charge on any atom is 0.373 e. The van der Waals surface area contributed by atoms with Gasteiger partial charge in [-0.1, -0.05) is 149 Å². The number of rotatable bonds is 30. The van der Waals surface area contributed by atoms with Crippen LogP contribution in [0.1, 0.15) is 117 Å². The number of nitrogen functional groups attached to an aromatic ring is 4. The number of carbonyl (C=O) groups is 1. The molecule has 4 saturated heterocycles. The Bertz CT molecular complexity index is 4700. The number of halogens is 6. The molecule has 0 bridgehead atoms. The summed E-state index contributed by atoms with van der Waals surface area (Å²) in [7, 11) is 0. The van der Waals surface area contributed by atoms with Gasteiger partial charge in [0, 0.05) is 152 Å². The Morgan fingerprint density at radius 3 is 0.821 bits per heavy atom. The zero-order valence-electron chi connectivity index (χ0n) is 69.0. The van der Waals surface area contributed by atoms with Crippen molar-refractivity contribution in [3.05, 3.63) is 209 Å². The zero-order valence-corrected chi connectivity index (χ0v) is 73.5. The highest BCUT2D eigenvalue weighted by Crippen LogP contribution is 2.32. The quantitative estimate of drug-likeness (QED) is 0.0202. The third-order valence-corrected chi connectivity index (χ3v) is 23.4. The van der Waals surface area contributed by atoms with Crippen LogP contribution >= 0.6 is 69.6 Å². The van der Waals surface area contributed by atoms with Crippen molar-refractivity contribution >= 4 is 142 Å². The summed E-state index contributed by atoms with van der Waals surface area (Å²) in [5.41, 5.74) is 30.4. The fourth-order valence-electron chi connectivity index (χ4n) is 15.5. The van der Waals surface area contributed by atoms with Crippen molar-refractivity contribution in [1.82, 2.24) is 80.3 Å². The lowest BCUT2D eigenvalue weighted by molar-refractivity contribution is -0.193. The summed E-state index contributed by atoms with van der Waals surface area (Å²) in [5.74, 6) is 3.40. The van der Waals surface area contributed by atoms with E-state index in [1.54, 1.807) is 0 Å². The van der Waals surface area contributed by atoms with Crippen LogP contribution in [-0.4, -0.2) is 232 Å². The summed E-state index contributed by atoms with van der Waals surface area (Å²) in [5, 5.41) is 41.3. The van der Waals surface area contributed by atoms with Crippen LogP contribution in [0.15, 0.2) is 146 Å². The third kappa shape index (κ3) is 33.9. The average Bonchev–Trinajstić information content (AvgIpc) is 1.65. The fraction of sp³-hybridized carbons (Fsp3) is 0.435. The normalized spacial score (nSPS) is 14.6.